The lowest BCUT2D eigenvalue weighted by Gasteiger charge is -2.30. The number of nitrogens with two attached hydrogens (primary N) is 1. The highest BCUT2D eigenvalue weighted by atomic mass is 35.5. The summed E-state index contributed by atoms with van der Waals surface area (Å²) in [6, 6.07) is 8.85. The molecule has 0 unspecified atom stereocenters. The molecule has 0 spiro atoms. The number of halogens is 1. The van der Waals surface area contributed by atoms with Crippen LogP contribution in [-0.4, -0.2) is 55.4 Å². The Bertz CT molecular complexity index is 1120. The minimum atomic E-state index is -0.803. The minimum absolute atomic E-state index is 0.0637. The molecule has 9 heteroatoms. The van der Waals surface area contributed by atoms with E-state index >= 15 is 0 Å². The second-order valence-electron chi connectivity index (χ2n) is 7.80. The maximum absolute atomic E-state index is 13.7. The average Bonchev–Trinajstić information content (AvgIpc) is 2.78. The molecule has 4 rings (SSSR count). The molecule has 0 radical (unpaired) electrons. The van der Waals surface area contributed by atoms with Gasteiger partial charge in [-0.1, -0.05) is 29.8 Å². The van der Waals surface area contributed by atoms with Gasteiger partial charge in [0, 0.05) is 43.0 Å². The average molecular weight is 460 g/mol. The van der Waals surface area contributed by atoms with Crippen molar-refractivity contribution < 1.29 is 19.0 Å². The zero-order valence-electron chi connectivity index (χ0n) is 18.1. The van der Waals surface area contributed by atoms with Crippen LogP contribution in [0, 0.1) is 6.92 Å². The van der Waals surface area contributed by atoms with Crippen LogP contribution in [0.4, 0.5) is 0 Å². The predicted octanol–water partition coefficient (Wildman–Crippen LogP) is 2.01. The third kappa shape index (κ3) is 4.13. The summed E-state index contributed by atoms with van der Waals surface area (Å²) >= 11 is 6.49. The molecule has 3 heterocycles. The lowest BCUT2D eigenvalue weighted by atomic mass is 9.83. The van der Waals surface area contributed by atoms with Crippen molar-refractivity contribution in [3.63, 3.8) is 0 Å². The van der Waals surface area contributed by atoms with E-state index in [0.29, 0.717) is 48.2 Å². The Kier molecular flexibility index (Phi) is 6.55. The van der Waals surface area contributed by atoms with Gasteiger partial charge in [0.25, 0.3) is 5.56 Å². The summed E-state index contributed by atoms with van der Waals surface area (Å²) < 4.78 is 17.8. The van der Waals surface area contributed by atoms with Gasteiger partial charge in [0.05, 0.1) is 31.8 Å². The van der Waals surface area contributed by atoms with Crippen molar-refractivity contribution in [2.75, 3.05) is 40.0 Å². The number of aryl methyl sites for hydroxylation is 1. The Morgan fingerprint density at radius 2 is 1.97 bits per heavy atom. The number of morpholine rings is 1. The summed E-state index contributed by atoms with van der Waals surface area (Å²) in [7, 11) is 1.26. The minimum Gasteiger partial charge on any atom is -0.465 e. The number of fused-ring (bicyclic) bond motifs is 1. The Balaban J connectivity index is 1.83. The number of carbonyl (C=O) groups is 1. The van der Waals surface area contributed by atoms with E-state index in [-0.39, 0.29) is 17.0 Å². The van der Waals surface area contributed by atoms with Gasteiger partial charge in [-0.3, -0.25) is 9.69 Å². The van der Waals surface area contributed by atoms with Crippen LogP contribution in [0.2, 0.25) is 5.02 Å². The van der Waals surface area contributed by atoms with Gasteiger partial charge in [-0.05, 0) is 18.6 Å². The number of rotatable bonds is 5. The Hall–Kier alpha value is -2.81. The van der Waals surface area contributed by atoms with Crippen LogP contribution >= 0.6 is 11.6 Å². The quantitative estimate of drug-likeness (QED) is 0.683. The second kappa shape index (κ2) is 9.36. The summed E-state index contributed by atoms with van der Waals surface area (Å²) in [6.45, 7) is 6.10. The van der Waals surface area contributed by atoms with Crippen LogP contribution in [-0.2, 0) is 20.8 Å². The van der Waals surface area contributed by atoms with Crippen molar-refractivity contribution in [2.24, 2.45) is 5.73 Å². The highest BCUT2D eigenvalue weighted by molar-refractivity contribution is 6.31. The molecule has 32 heavy (non-hydrogen) atoms. The molecule has 0 aliphatic carbocycles. The third-order valence-electron chi connectivity index (χ3n) is 5.93. The highest BCUT2D eigenvalue weighted by Crippen LogP contribution is 2.43. The molecule has 2 aliphatic rings. The molecule has 0 bridgehead atoms. The van der Waals surface area contributed by atoms with Crippen molar-refractivity contribution in [3.8, 4) is 5.75 Å². The number of methoxy groups -OCH3 is 1. The number of benzene rings is 1. The van der Waals surface area contributed by atoms with Crippen LogP contribution in [0.3, 0.4) is 0 Å². The zero-order valence-corrected chi connectivity index (χ0v) is 18.9. The molecule has 1 fully saturated rings. The van der Waals surface area contributed by atoms with Gasteiger partial charge < -0.3 is 24.5 Å². The molecule has 1 aromatic carbocycles. The summed E-state index contributed by atoms with van der Waals surface area (Å²) in [5, 5.41) is 0.416. The molecular weight excluding hydrogens is 434 g/mol. The number of pyridine rings is 1. The van der Waals surface area contributed by atoms with E-state index in [0.717, 1.165) is 18.8 Å². The molecule has 1 saturated heterocycles. The van der Waals surface area contributed by atoms with Gasteiger partial charge in [0.1, 0.15) is 11.3 Å². The highest BCUT2D eigenvalue weighted by Gasteiger charge is 2.39. The SMILES string of the molecule is COC(=O)C1=C(N)Oc2cc(C)n(CCN3CCOCC3)c(=O)c2[C@@H]1c1ccccc1Cl. The number of aromatic nitrogens is 1. The summed E-state index contributed by atoms with van der Waals surface area (Å²) in [5.41, 5.74) is 7.60. The van der Waals surface area contributed by atoms with Crippen LogP contribution in [0.25, 0.3) is 0 Å². The summed E-state index contributed by atoms with van der Waals surface area (Å²) in [5.74, 6) is -1.25. The fourth-order valence-corrected chi connectivity index (χ4v) is 4.50. The maximum atomic E-state index is 13.7. The smallest absolute Gasteiger partial charge is 0.340 e. The van der Waals surface area contributed by atoms with Crippen molar-refractivity contribution in [2.45, 2.75) is 19.4 Å². The predicted molar refractivity (Wildman–Crippen MR) is 120 cm³/mol. The number of ether oxygens (including phenoxy) is 3. The molecule has 0 amide bonds. The molecule has 2 N–H and O–H groups in total. The first-order valence-electron chi connectivity index (χ1n) is 10.5. The van der Waals surface area contributed by atoms with E-state index in [9.17, 15) is 9.59 Å². The molecule has 2 aromatic rings. The number of esters is 1. The lowest BCUT2D eigenvalue weighted by molar-refractivity contribution is -0.136. The Morgan fingerprint density at radius 1 is 1.25 bits per heavy atom. The maximum Gasteiger partial charge on any atom is 0.340 e. The van der Waals surface area contributed by atoms with Crippen LogP contribution in [0.1, 0.15) is 22.7 Å². The van der Waals surface area contributed by atoms with Gasteiger partial charge in [-0.25, -0.2) is 4.79 Å². The van der Waals surface area contributed by atoms with Gasteiger partial charge in [0.15, 0.2) is 0 Å². The molecule has 1 atom stereocenters. The number of hydrogen-bond acceptors (Lipinski definition) is 7. The van der Waals surface area contributed by atoms with Crippen molar-refractivity contribution in [1.29, 1.82) is 0 Å². The molecule has 170 valence electrons. The monoisotopic (exact) mass is 459 g/mol. The first-order valence-corrected chi connectivity index (χ1v) is 10.8. The lowest BCUT2D eigenvalue weighted by Crippen LogP contribution is -2.40. The van der Waals surface area contributed by atoms with Crippen LogP contribution in [0.5, 0.6) is 5.75 Å². The largest absolute Gasteiger partial charge is 0.465 e. The van der Waals surface area contributed by atoms with Gasteiger partial charge in [0.2, 0.25) is 5.88 Å². The van der Waals surface area contributed by atoms with Crippen LogP contribution in [0.15, 0.2) is 46.6 Å². The fourth-order valence-electron chi connectivity index (χ4n) is 4.26. The first-order chi connectivity index (χ1) is 15.4. The molecule has 8 nitrogen and oxygen atoms in total. The van der Waals surface area contributed by atoms with Gasteiger partial charge in [-0.15, -0.1) is 0 Å². The van der Waals surface area contributed by atoms with E-state index in [1.54, 1.807) is 34.9 Å². The van der Waals surface area contributed by atoms with E-state index in [4.69, 9.17) is 31.5 Å². The number of carbonyl (C=O) groups excluding carboxylic acids is 1. The molecule has 1 aromatic heterocycles. The van der Waals surface area contributed by atoms with Crippen molar-refractivity contribution in [1.82, 2.24) is 9.47 Å². The van der Waals surface area contributed by atoms with Gasteiger partial charge >= 0.3 is 5.97 Å². The van der Waals surface area contributed by atoms with E-state index in [1.165, 1.54) is 7.11 Å². The third-order valence-corrected chi connectivity index (χ3v) is 6.28. The van der Waals surface area contributed by atoms with Crippen molar-refractivity contribution in [3.05, 3.63) is 74.0 Å². The van der Waals surface area contributed by atoms with E-state index in [1.807, 2.05) is 6.92 Å². The van der Waals surface area contributed by atoms with E-state index < -0.39 is 11.9 Å². The zero-order chi connectivity index (χ0) is 22.8. The molecule has 2 aliphatic heterocycles. The number of hydrogen-bond donors (Lipinski definition) is 1. The second-order valence-corrected chi connectivity index (χ2v) is 8.21. The molecular formula is C23H26ClN3O5. The molecule has 0 saturated carbocycles. The van der Waals surface area contributed by atoms with Crippen LogP contribution < -0.4 is 16.0 Å². The van der Waals surface area contributed by atoms with E-state index in [2.05, 4.69) is 4.90 Å². The fraction of sp³-hybridized carbons (Fsp3) is 0.391. The summed E-state index contributed by atoms with van der Waals surface area (Å²) in [6.07, 6.45) is 0. The summed E-state index contributed by atoms with van der Waals surface area (Å²) in [4.78, 5) is 28.7. The first kappa shape index (κ1) is 22.4. The van der Waals surface area contributed by atoms with Gasteiger partial charge in [-0.2, -0.15) is 0 Å². The Morgan fingerprint density at radius 3 is 2.66 bits per heavy atom. The number of nitrogens with zero attached hydrogens (tertiary/aromatic N) is 2. The Labute approximate surface area is 191 Å². The normalized spacial score (nSPS) is 18.8. The topological polar surface area (TPSA) is 96.0 Å². The standard InChI is InChI=1S/C23H26ClN3O5/c1-14-13-17-19(22(28)27(14)8-7-26-9-11-31-12-10-26)18(15-5-3-4-6-16(15)24)20(21(25)32-17)23(29)30-2/h3-6,13,18H,7-12,25H2,1-2H3/t18-/m0/s1. The van der Waals surface area contributed by atoms with Crippen molar-refractivity contribution >= 4 is 17.6 Å².